The lowest BCUT2D eigenvalue weighted by molar-refractivity contribution is 1.29. The molecule has 0 unspecified atom stereocenters. The fourth-order valence-corrected chi connectivity index (χ4v) is 10.6. The van der Waals surface area contributed by atoms with Crippen molar-refractivity contribution in [1.29, 1.82) is 0 Å². The predicted molar refractivity (Wildman–Crippen MR) is 241 cm³/mol. The first-order valence-corrected chi connectivity index (χ1v) is 20.3. The summed E-state index contributed by atoms with van der Waals surface area (Å²) in [7, 11) is 0. The van der Waals surface area contributed by atoms with Crippen molar-refractivity contribution in [2.75, 3.05) is 4.90 Å². The van der Waals surface area contributed by atoms with E-state index >= 15 is 0 Å². The van der Waals surface area contributed by atoms with Crippen molar-refractivity contribution < 1.29 is 0 Å². The van der Waals surface area contributed by atoms with Gasteiger partial charge in [0.25, 0.3) is 0 Å². The van der Waals surface area contributed by atoms with Crippen LogP contribution in [-0.4, -0.2) is 0 Å². The van der Waals surface area contributed by atoms with Crippen molar-refractivity contribution in [3.8, 4) is 33.4 Å². The normalized spacial score (nSPS) is 11.6. The number of hydrogen-bond acceptors (Lipinski definition) is 3. The van der Waals surface area contributed by atoms with Gasteiger partial charge in [-0.25, -0.2) is 0 Å². The molecular formula is C52H33NS2. The minimum Gasteiger partial charge on any atom is -0.310 e. The Hall–Kier alpha value is -6.52. The molecule has 3 heteroatoms. The first kappa shape index (κ1) is 32.0. The second kappa shape index (κ2) is 13.1. The highest BCUT2D eigenvalue weighted by Gasteiger charge is 2.18. The Labute approximate surface area is 327 Å². The zero-order valence-electron chi connectivity index (χ0n) is 29.8. The van der Waals surface area contributed by atoms with Gasteiger partial charge in [-0.2, -0.15) is 0 Å². The van der Waals surface area contributed by atoms with Gasteiger partial charge in [-0.05, 0) is 98.8 Å². The van der Waals surface area contributed by atoms with E-state index in [4.69, 9.17) is 0 Å². The third kappa shape index (κ3) is 5.51. The van der Waals surface area contributed by atoms with Crippen LogP contribution in [-0.2, 0) is 0 Å². The van der Waals surface area contributed by atoms with E-state index in [0.717, 1.165) is 17.1 Å². The molecule has 258 valence electrons. The first-order chi connectivity index (χ1) is 27.2. The summed E-state index contributed by atoms with van der Waals surface area (Å²) >= 11 is 3.74. The van der Waals surface area contributed by atoms with E-state index in [1.54, 1.807) is 0 Å². The summed E-state index contributed by atoms with van der Waals surface area (Å²) < 4.78 is 5.26. The second-order valence-electron chi connectivity index (χ2n) is 14.1. The lowest BCUT2D eigenvalue weighted by Crippen LogP contribution is -2.10. The number of anilines is 3. The predicted octanol–water partition coefficient (Wildman–Crippen LogP) is 16.0. The highest BCUT2D eigenvalue weighted by molar-refractivity contribution is 7.26. The van der Waals surface area contributed by atoms with Crippen molar-refractivity contribution >= 4 is 90.9 Å². The third-order valence-corrected chi connectivity index (χ3v) is 13.2. The molecule has 11 rings (SSSR count). The second-order valence-corrected chi connectivity index (χ2v) is 16.2. The summed E-state index contributed by atoms with van der Waals surface area (Å²) in [5, 5.41) is 7.76. The summed E-state index contributed by atoms with van der Waals surface area (Å²) in [4.78, 5) is 2.42. The monoisotopic (exact) mass is 735 g/mol. The molecule has 0 saturated heterocycles. The van der Waals surface area contributed by atoms with Crippen LogP contribution in [0.2, 0.25) is 0 Å². The van der Waals surface area contributed by atoms with Crippen LogP contribution in [0.5, 0.6) is 0 Å². The fourth-order valence-electron chi connectivity index (χ4n) is 8.26. The fraction of sp³-hybridized carbons (Fsp3) is 0. The maximum atomic E-state index is 2.42. The number of hydrogen-bond donors (Lipinski definition) is 0. The molecule has 0 atom stereocenters. The van der Waals surface area contributed by atoms with Gasteiger partial charge in [0.1, 0.15) is 0 Å². The van der Waals surface area contributed by atoms with Crippen molar-refractivity contribution in [2.45, 2.75) is 0 Å². The number of fused-ring (bicyclic) bond motifs is 7. The van der Waals surface area contributed by atoms with Crippen LogP contribution in [0, 0.1) is 0 Å². The zero-order chi connectivity index (χ0) is 36.3. The maximum absolute atomic E-state index is 2.42. The molecule has 0 radical (unpaired) electrons. The van der Waals surface area contributed by atoms with E-state index in [1.165, 1.54) is 84.5 Å². The Balaban J connectivity index is 1.06. The molecule has 0 aliphatic rings. The van der Waals surface area contributed by atoms with Crippen LogP contribution >= 0.6 is 22.7 Å². The van der Waals surface area contributed by atoms with E-state index < -0.39 is 0 Å². The van der Waals surface area contributed by atoms with E-state index in [1.807, 2.05) is 22.7 Å². The Kier molecular flexibility index (Phi) is 7.61. The lowest BCUT2D eigenvalue weighted by atomic mass is 9.97. The zero-order valence-corrected chi connectivity index (χ0v) is 31.4. The molecule has 0 fully saturated rings. The van der Waals surface area contributed by atoms with Crippen LogP contribution in [0.4, 0.5) is 17.1 Å². The van der Waals surface area contributed by atoms with Gasteiger partial charge in [0.15, 0.2) is 0 Å². The number of thiophene rings is 2. The van der Waals surface area contributed by atoms with Crippen molar-refractivity contribution in [2.24, 2.45) is 0 Å². The van der Waals surface area contributed by atoms with Gasteiger partial charge in [-0.3, -0.25) is 0 Å². The van der Waals surface area contributed by atoms with Crippen LogP contribution in [0.25, 0.3) is 84.5 Å². The molecule has 0 saturated carbocycles. The van der Waals surface area contributed by atoms with Gasteiger partial charge < -0.3 is 4.90 Å². The van der Waals surface area contributed by atoms with Crippen LogP contribution in [0.1, 0.15) is 0 Å². The van der Waals surface area contributed by atoms with Crippen molar-refractivity contribution in [3.63, 3.8) is 0 Å². The molecule has 2 aromatic heterocycles. The number of rotatable bonds is 6. The van der Waals surface area contributed by atoms with Crippen LogP contribution in [0.15, 0.2) is 200 Å². The van der Waals surface area contributed by atoms with E-state index in [2.05, 4.69) is 205 Å². The minimum absolute atomic E-state index is 1.12. The van der Waals surface area contributed by atoms with Gasteiger partial charge in [-0.15, -0.1) is 22.7 Å². The molecule has 2 heterocycles. The molecule has 0 spiro atoms. The molecule has 0 aliphatic carbocycles. The largest absolute Gasteiger partial charge is 0.310 e. The van der Waals surface area contributed by atoms with E-state index in [0.29, 0.717) is 0 Å². The Morgan fingerprint density at radius 3 is 1.62 bits per heavy atom. The summed E-state index contributed by atoms with van der Waals surface area (Å²) in [5.74, 6) is 0. The molecular weight excluding hydrogens is 703 g/mol. The smallest absolute Gasteiger partial charge is 0.0476 e. The number of benzene rings is 9. The quantitative estimate of drug-likeness (QED) is 0.164. The maximum Gasteiger partial charge on any atom is 0.0476 e. The molecule has 55 heavy (non-hydrogen) atoms. The summed E-state index contributed by atoms with van der Waals surface area (Å²) in [6, 6.07) is 73.5. The van der Waals surface area contributed by atoms with Crippen molar-refractivity contribution in [3.05, 3.63) is 200 Å². The Morgan fingerprint density at radius 2 is 0.800 bits per heavy atom. The molecule has 0 amide bonds. The highest BCUT2D eigenvalue weighted by Crippen LogP contribution is 2.44. The third-order valence-electron chi connectivity index (χ3n) is 10.8. The SMILES string of the molecule is c1cc(-c2cccc(N(c3cccc(-c4cccc5ccccc45)c3)c3ccc4c(c3)sc3ccccc34)c2)cc(-c2cccc3c2sc2ccccc23)c1. The standard InChI is InChI=1S/C52H33NS2/c1-2-20-42-34(12-1)13-10-23-43(42)38-17-9-19-40(32-38)53(41-28-29-47-45-21-3-5-26-49(45)54-51(47)33-41)39-18-8-15-36(31-39)35-14-7-16-37(30-35)44-24-11-25-48-46-22-4-6-27-50(46)55-52(44)48/h1-33H. The summed E-state index contributed by atoms with van der Waals surface area (Å²) in [6.07, 6.45) is 0. The molecule has 1 nitrogen and oxygen atoms in total. The van der Waals surface area contributed by atoms with E-state index in [-0.39, 0.29) is 0 Å². The Bertz CT molecular complexity index is 3230. The molecule has 0 aliphatic heterocycles. The number of nitrogens with zero attached hydrogens (tertiary/aromatic N) is 1. The highest BCUT2D eigenvalue weighted by atomic mass is 32.1. The van der Waals surface area contributed by atoms with Gasteiger partial charge in [-0.1, -0.05) is 146 Å². The molecule has 0 N–H and O–H groups in total. The van der Waals surface area contributed by atoms with Gasteiger partial charge in [0.2, 0.25) is 0 Å². The van der Waals surface area contributed by atoms with Gasteiger partial charge >= 0.3 is 0 Å². The average Bonchev–Trinajstić information content (AvgIpc) is 3.82. The Morgan fingerprint density at radius 1 is 0.291 bits per heavy atom. The summed E-state index contributed by atoms with van der Waals surface area (Å²) in [5.41, 5.74) is 10.7. The topological polar surface area (TPSA) is 3.24 Å². The van der Waals surface area contributed by atoms with E-state index in [9.17, 15) is 0 Å². The minimum atomic E-state index is 1.12. The average molecular weight is 736 g/mol. The van der Waals surface area contributed by atoms with Crippen LogP contribution in [0.3, 0.4) is 0 Å². The molecule has 11 aromatic rings. The van der Waals surface area contributed by atoms with Gasteiger partial charge in [0.05, 0.1) is 0 Å². The molecule has 9 aromatic carbocycles. The van der Waals surface area contributed by atoms with Gasteiger partial charge in [0, 0.05) is 57.4 Å². The molecule has 0 bridgehead atoms. The summed E-state index contributed by atoms with van der Waals surface area (Å²) in [6.45, 7) is 0. The van der Waals surface area contributed by atoms with Crippen molar-refractivity contribution in [1.82, 2.24) is 0 Å². The lowest BCUT2D eigenvalue weighted by Gasteiger charge is -2.27. The van der Waals surface area contributed by atoms with Crippen LogP contribution < -0.4 is 4.90 Å². The first-order valence-electron chi connectivity index (χ1n) is 18.7.